The molecular weight excluding hydrogens is 367 g/mol. The van der Waals surface area contributed by atoms with Crippen molar-refractivity contribution in [2.24, 2.45) is 5.73 Å². The van der Waals surface area contributed by atoms with Crippen LogP contribution >= 0.6 is 28.1 Å². The molecule has 0 amide bonds. The number of anilines is 2. The van der Waals surface area contributed by atoms with E-state index in [1.54, 1.807) is 18.2 Å². The maximum atomic E-state index is 12.4. The Morgan fingerprint density at radius 1 is 1.24 bits per heavy atom. The first-order valence-electron chi connectivity index (χ1n) is 5.67. The molecule has 0 spiro atoms. The summed E-state index contributed by atoms with van der Waals surface area (Å²) in [5.74, 6) is 0. The van der Waals surface area contributed by atoms with E-state index in [1.807, 2.05) is 0 Å². The van der Waals surface area contributed by atoms with E-state index in [1.165, 1.54) is 6.07 Å². The highest BCUT2D eigenvalue weighted by Crippen LogP contribution is 2.30. The average molecular weight is 376 g/mol. The van der Waals surface area contributed by atoms with Gasteiger partial charge >= 0.3 is 6.18 Å². The minimum atomic E-state index is -4.45. The second-order valence-electron chi connectivity index (χ2n) is 4.11. The van der Waals surface area contributed by atoms with Crippen LogP contribution in [0.1, 0.15) is 11.3 Å². The molecule has 21 heavy (non-hydrogen) atoms. The molecule has 110 valence electrons. The standard InChI is InChI=1S/C13H9BrF3N3S/c14-9-5-7(12(18)21)1-3-10(9)20-8-2-4-11(19-6-8)13(15,16)17/h1-6,20H,(H2,18,21). The van der Waals surface area contributed by atoms with Gasteiger partial charge in [-0.1, -0.05) is 12.2 Å². The molecule has 2 aromatic rings. The number of hydrogen-bond acceptors (Lipinski definition) is 3. The molecule has 0 saturated heterocycles. The van der Waals surface area contributed by atoms with Crippen LogP contribution in [0.4, 0.5) is 24.5 Å². The van der Waals surface area contributed by atoms with Gasteiger partial charge in [0.15, 0.2) is 0 Å². The van der Waals surface area contributed by atoms with E-state index >= 15 is 0 Å². The van der Waals surface area contributed by atoms with Gasteiger partial charge in [0.25, 0.3) is 0 Å². The number of alkyl halides is 3. The molecular formula is C13H9BrF3N3S. The summed E-state index contributed by atoms with van der Waals surface area (Å²) in [4.78, 5) is 3.64. The smallest absolute Gasteiger partial charge is 0.389 e. The van der Waals surface area contributed by atoms with Gasteiger partial charge in [-0.05, 0) is 46.3 Å². The number of nitrogens with zero attached hydrogens (tertiary/aromatic N) is 1. The maximum Gasteiger partial charge on any atom is 0.433 e. The molecule has 1 aromatic carbocycles. The summed E-state index contributed by atoms with van der Waals surface area (Å²) in [5, 5.41) is 2.96. The fraction of sp³-hybridized carbons (Fsp3) is 0.0769. The lowest BCUT2D eigenvalue weighted by molar-refractivity contribution is -0.141. The Hall–Kier alpha value is -1.67. The highest BCUT2D eigenvalue weighted by molar-refractivity contribution is 9.10. The number of benzene rings is 1. The van der Waals surface area contributed by atoms with Crippen molar-refractivity contribution < 1.29 is 13.2 Å². The average Bonchev–Trinajstić information content (AvgIpc) is 2.40. The summed E-state index contributed by atoms with van der Waals surface area (Å²) >= 11 is 8.20. The number of aromatic nitrogens is 1. The van der Waals surface area contributed by atoms with Crippen molar-refractivity contribution in [1.29, 1.82) is 0 Å². The molecule has 0 atom stereocenters. The van der Waals surface area contributed by atoms with Crippen molar-refractivity contribution in [3.8, 4) is 0 Å². The number of pyridine rings is 1. The molecule has 0 saturated carbocycles. The van der Waals surface area contributed by atoms with Crippen molar-refractivity contribution in [1.82, 2.24) is 4.98 Å². The SMILES string of the molecule is NC(=S)c1ccc(Nc2ccc(C(F)(F)F)nc2)c(Br)c1. The molecule has 1 aromatic heterocycles. The van der Waals surface area contributed by atoms with Crippen LogP contribution in [0.3, 0.4) is 0 Å². The first kappa shape index (κ1) is 15.7. The first-order chi connectivity index (χ1) is 9.77. The van der Waals surface area contributed by atoms with Crippen molar-refractivity contribution >= 4 is 44.5 Å². The highest BCUT2D eigenvalue weighted by Gasteiger charge is 2.32. The molecule has 0 fully saturated rings. The predicted octanol–water partition coefficient (Wildman–Crippen LogP) is 4.24. The number of hydrogen-bond donors (Lipinski definition) is 2. The van der Waals surface area contributed by atoms with E-state index in [0.717, 1.165) is 12.3 Å². The number of rotatable bonds is 3. The molecule has 2 rings (SSSR count). The van der Waals surface area contributed by atoms with E-state index < -0.39 is 11.9 Å². The molecule has 1 heterocycles. The molecule has 0 aliphatic carbocycles. The van der Waals surface area contributed by atoms with Gasteiger partial charge in [0.05, 0.1) is 17.6 Å². The summed E-state index contributed by atoms with van der Waals surface area (Å²) in [6.45, 7) is 0. The lowest BCUT2D eigenvalue weighted by atomic mass is 10.2. The van der Waals surface area contributed by atoms with Crippen LogP contribution in [0.5, 0.6) is 0 Å². The van der Waals surface area contributed by atoms with Gasteiger partial charge in [-0.3, -0.25) is 0 Å². The Morgan fingerprint density at radius 3 is 2.43 bits per heavy atom. The summed E-state index contributed by atoms with van der Waals surface area (Å²) < 4.78 is 37.9. The van der Waals surface area contributed by atoms with Crippen LogP contribution < -0.4 is 11.1 Å². The van der Waals surface area contributed by atoms with Gasteiger partial charge in [-0.2, -0.15) is 13.2 Å². The van der Waals surface area contributed by atoms with Crippen LogP contribution in [0.25, 0.3) is 0 Å². The largest absolute Gasteiger partial charge is 0.433 e. The van der Waals surface area contributed by atoms with Crippen LogP contribution in [-0.2, 0) is 6.18 Å². The van der Waals surface area contributed by atoms with Crippen molar-refractivity contribution in [3.05, 3.63) is 52.3 Å². The normalized spacial score (nSPS) is 11.2. The number of nitrogens with two attached hydrogens (primary N) is 1. The zero-order chi connectivity index (χ0) is 15.6. The topological polar surface area (TPSA) is 50.9 Å². The Bertz CT molecular complexity index is 671. The molecule has 8 heteroatoms. The van der Waals surface area contributed by atoms with Gasteiger partial charge in [-0.15, -0.1) is 0 Å². The third kappa shape index (κ3) is 3.92. The number of halogens is 4. The quantitative estimate of drug-likeness (QED) is 0.787. The van der Waals surface area contributed by atoms with Crippen molar-refractivity contribution in [3.63, 3.8) is 0 Å². The summed E-state index contributed by atoms with van der Waals surface area (Å²) in [5.41, 5.74) is 6.37. The summed E-state index contributed by atoms with van der Waals surface area (Å²) in [6, 6.07) is 7.38. The van der Waals surface area contributed by atoms with Crippen LogP contribution in [-0.4, -0.2) is 9.97 Å². The molecule has 0 unspecified atom stereocenters. The highest BCUT2D eigenvalue weighted by atomic mass is 79.9. The van der Waals surface area contributed by atoms with E-state index in [-0.39, 0.29) is 4.99 Å². The second-order valence-corrected chi connectivity index (χ2v) is 5.41. The lowest BCUT2D eigenvalue weighted by Crippen LogP contribution is -2.09. The van der Waals surface area contributed by atoms with Gasteiger partial charge < -0.3 is 11.1 Å². The molecule has 0 bridgehead atoms. The van der Waals surface area contributed by atoms with Crippen molar-refractivity contribution in [2.75, 3.05) is 5.32 Å². The van der Waals surface area contributed by atoms with E-state index in [4.69, 9.17) is 18.0 Å². The predicted molar refractivity (Wildman–Crippen MR) is 82.6 cm³/mol. The maximum absolute atomic E-state index is 12.4. The van der Waals surface area contributed by atoms with Crippen LogP contribution in [0.2, 0.25) is 0 Å². The summed E-state index contributed by atoms with van der Waals surface area (Å²) in [6.07, 6.45) is -3.33. The second kappa shape index (κ2) is 5.98. The Labute approximate surface area is 132 Å². The van der Waals surface area contributed by atoms with E-state index in [9.17, 15) is 13.2 Å². The Morgan fingerprint density at radius 2 is 1.95 bits per heavy atom. The minimum Gasteiger partial charge on any atom is -0.389 e. The van der Waals surface area contributed by atoms with Gasteiger partial charge in [0.1, 0.15) is 10.7 Å². The van der Waals surface area contributed by atoms with Gasteiger partial charge in [0.2, 0.25) is 0 Å². The van der Waals surface area contributed by atoms with Gasteiger partial charge in [-0.25, -0.2) is 4.98 Å². The Balaban J connectivity index is 2.20. The number of thiocarbonyl (C=S) groups is 1. The molecule has 0 aliphatic heterocycles. The third-order valence-corrected chi connectivity index (χ3v) is 3.48. The van der Waals surface area contributed by atoms with Crippen LogP contribution in [0, 0.1) is 0 Å². The van der Waals surface area contributed by atoms with Crippen LogP contribution in [0.15, 0.2) is 41.0 Å². The zero-order valence-electron chi connectivity index (χ0n) is 10.4. The third-order valence-electron chi connectivity index (χ3n) is 2.59. The first-order valence-corrected chi connectivity index (χ1v) is 6.87. The van der Waals surface area contributed by atoms with Gasteiger partial charge in [0, 0.05) is 10.0 Å². The molecule has 0 aliphatic rings. The minimum absolute atomic E-state index is 0.262. The fourth-order valence-corrected chi connectivity index (χ4v) is 2.17. The lowest BCUT2D eigenvalue weighted by Gasteiger charge is -2.11. The van der Waals surface area contributed by atoms with E-state index in [2.05, 4.69) is 26.2 Å². The monoisotopic (exact) mass is 375 g/mol. The van der Waals surface area contributed by atoms with Crippen molar-refractivity contribution in [2.45, 2.75) is 6.18 Å². The zero-order valence-corrected chi connectivity index (χ0v) is 12.8. The Kier molecular flexibility index (Phi) is 4.48. The number of nitrogens with one attached hydrogen (secondary N) is 1. The molecule has 0 radical (unpaired) electrons. The molecule has 3 N–H and O–H groups in total. The summed E-state index contributed by atoms with van der Waals surface area (Å²) in [7, 11) is 0. The molecule has 3 nitrogen and oxygen atoms in total. The fourth-order valence-electron chi connectivity index (χ4n) is 1.56. The van der Waals surface area contributed by atoms with E-state index in [0.29, 0.717) is 21.4 Å².